The van der Waals surface area contributed by atoms with E-state index in [0.29, 0.717) is 12.6 Å². The molecule has 1 unspecified atom stereocenters. The number of hydrogen-bond donors (Lipinski definition) is 1. The maximum Gasteiger partial charge on any atom is 0.236 e. The van der Waals surface area contributed by atoms with Crippen LogP contribution in [0.15, 0.2) is 0 Å². The Morgan fingerprint density at radius 3 is 2.64 bits per heavy atom. The maximum absolute atomic E-state index is 11.5. The monoisotopic (exact) mass is 199 g/mol. The molecular formula is C10H21N3O. The third-order valence-electron chi connectivity index (χ3n) is 2.54. The molecule has 0 aliphatic carbocycles. The van der Waals surface area contributed by atoms with Crippen LogP contribution in [0.4, 0.5) is 0 Å². The van der Waals surface area contributed by atoms with Crippen molar-refractivity contribution in [1.82, 2.24) is 9.80 Å². The molecule has 0 radical (unpaired) electrons. The molecule has 0 bridgehead atoms. The molecule has 0 aromatic heterocycles. The van der Waals surface area contributed by atoms with E-state index in [9.17, 15) is 4.79 Å². The Labute approximate surface area is 86.0 Å². The molecule has 82 valence electrons. The van der Waals surface area contributed by atoms with Crippen molar-refractivity contribution >= 4 is 5.91 Å². The molecule has 1 fully saturated rings. The summed E-state index contributed by atoms with van der Waals surface area (Å²) in [6.07, 6.45) is 0. The van der Waals surface area contributed by atoms with E-state index in [0.717, 1.165) is 13.1 Å². The van der Waals surface area contributed by atoms with Crippen LogP contribution in [0.1, 0.15) is 20.8 Å². The molecule has 2 N–H and O–H groups in total. The molecule has 14 heavy (non-hydrogen) atoms. The first-order chi connectivity index (χ1) is 6.29. The van der Waals surface area contributed by atoms with E-state index in [1.54, 1.807) is 4.90 Å². The van der Waals surface area contributed by atoms with Crippen LogP contribution >= 0.6 is 0 Å². The maximum atomic E-state index is 11.5. The Kier molecular flexibility index (Phi) is 3.17. The van der Waals surface area contributed by atoms with Crippen molar-refractivity contribution in [3.63, 3.8) is 0 Å². The molecule has 0 aromatic rings. The Morgan fingerprint density at radius 1 is 1.57 bits per heavy atom. The van der Waals surface area contributed by atoms with E-state index in [1.165, 1.54) is 0 Å². The van der Waals surface area contributed by atoms with Gasteiger partial charge in [0.15, 0.2) is 0 Å². The first kappa shape index (κ1) is 11.5. The smallest absolute Gasteiger partial charge is 0.236 e. The lowest BCUT2D eigenvalue weighted by molar-refractivity contribution is -0.136. The second-order valence-electron chi connectivity index (χ2n) is 5.02. The predicted octanol–water partition coefficient (Wildman–Crippen LogP) is -0.114. The molecule has 1 amide bonds. The fraction of sp³-hybridized carbons (Fsp3) is 0.900. The highest BCUT2D eigenvalue weighted by Crippen LogP contribution is 2.12. The van der Waals surface area contributed by atoms with Crippen LogP contribution in [0.2, 0.25) is 0 Å². The van der Waals surface area contributed by atoms with Gasteiger partial charge in [-0.15, -0.1) is 0 Å². The minimum Gasteiger partial charge on any atom is -0.343 e. The van der Waals surface area contributed by atoms with E-state index >= 15 is 0 Å². The minimum absolute atomic E-state index is 0.187. The van der Waals surface area contributed by atoms with Gasteiger partial charge in [0, 0.05) is 31.7 Å². The number of carbonyl (C=O) groups is 1. The summed E-state index contributed by atoms with van der Waals surface area (Å²) in [5.74, 6) is 0.187. The van der Waals surface area contributed by atoms with Crippen molar-refractivity contribution in [2.45, 2.75) is 32.4 Å². The van der Waals surface area contributed by atoms with Gasteiger partial charge in [-0.25, -0.2) is 0 Å². The Morgan fingerprint density at radius 2 is 2.14 bits per heavy atom. The summed E-state index contributed by atoms with van der Waals surface area (Å²) in [7, 11) is 1.85. The van der Waals surface area contributed by atoms with Gasteiger partial charge < -0.3 is 10.6 Å². The van der Waals surface area contributed by atoms with Crippen molar-refractivity contribution in [1.29, 1.82) is 0 Å². The molecular weight excluding hydrogens is 178 g/mol. The molecule has 0 aromatic carbocycles. The summed E-state index contributed by atoms with van der Waals surface area (Å²) in [6, 6.07) is 0.403. The highest BCUT2D eigenvalue weighted by atomic mass is 16.2. The lowest BCUT2D eigenvalue weighted by Gasteiger charge is -2.40. The van der Waals surface area contributed by atoms with Gasteiger partial charge in [0.1, 0.15) is 0 Å². The van der Waals surface area contributed by atoms with Crippen molar-refractivity contribution < 1.29 is 4.79 Å². The molecule has 0 spiro atoms. The van der Waals surface area contributed by atoms with Crippen molar-refractivity contribution in [3.05, 3.63) is 0 Å². The van der Waals surface area contributed by atoms with Crippen LogP contribution in [0.25, 0.3) is 0 Å². The van der Waals surface area contributed by atoms with Crippen molar-refractivity contribution in [2.24, 2.45) is 5.73 Å². The Hall–Kier alpha value is -0.610. The van der Waals surface area contributed by atoms with Crippen LogP contribution in [0.5, 0.6) is 0 Å². The van der Waals surface area contributed by atoms with E-state index in [4.69, 9.17) is 5.73 Å². The SMILES string of the molecule is CC1CN(C)C(=O)CN1CC(C)(C)N. The molecule has 1 heterocycles. The number of amides is 1. The average molecular weight is 199 g/mol. The highest BCUT2D eigenvalue weighted by Gasteiger charge is 2.29. The number of nitrogens with zero attached hydrogens (tertiary/aromatic N) is 2. The van der Waals surface area contributed by atoms with Gasteiger partial charge in [-0.3, -0.25) is 9.69 Å². The number of carbonyl (C=O) groups excluding carboxylic acids is 1. The molecule has 1 aliphatic rings. The number of nitrogens with two attached hydrogens (primary N) is 1. The number of hydrogen-bond acceptors (Lipinski definition) is 3. The fourth-order valence-corrected chi connectivity index (χ4v) is 1.80. The van der Waals surface area contributed by atoms with Gasteiger partial charge in [0.05, 0.1) is 6.54 Å². The van der Waals surface area contributed by atoms with E-state index < -0.39 is 0 Å². The third kappa shape index (κ3) is 2.96. The zero-order valence-corrected chi connectivity index (χ0v) is 9.58. The molecule has 1 rings (SSSR count). The third-order valence-corrected chi connectivity index (χ3v) is 2.54. The average Bonchev–Trinajstić information content (AvgIpc) is 1.97. The van der Waals surface area contributed by atoms with Crippen molar-refractivity contribution in [3.8, 4) is 0 Å². The fourth-order valence-electron chi connectivity index (χ4n) is 1.80. The van der Waals surface area contributed by atoms with Gasteiger partial charge >= 0.3 is 0 Å². The van der Waals surface area contributed by atoms with Gasteiger partial charge in [0.2, 0.25) is 5.91 Å². The molecule has 1 atom stereocenters. The molecule has 1 aliphatic heterocycles. The summed E-state index contributed by atoms with van der Waals surface area (Å²) < 4.78 is 0. The number of rotatable bonds is 2. The first-order valence-electron chi connectivity index (χ1n) is 5.06. The lowest BCUT2D eigenvalue weighted by atomic mass is 10.0. The summed E-state index contributed by atoms with van der Waals surface area (Å²) in [5, 5.41) is 0. The lowest BCUT2D eigenvalue weighted by Crippen LogP contribution is -2.58. The van der Waals surface area contributed by atoms with Gasteiger partial charge in [-0.05, 0) is 20.8 Å². The molecule has 0 saturated carbocycles. The normalized spacial score (nSPS) is 25.6. The minimum atomic E-state index is -0.232. The van der Waals surface area contributed by atoms with Gasteiger partial charge in [-0.2, -0.15) is 0 Å². The molecule has 4 heteroatoms. The van der Waals surface area contributed by atoms with Crippen molar-refractivity contribution in [2.75, 3.05) is 26.7 Å². The van der Waals surface area contributed by atoms with Crippen LogP contribution in [0, 0.1) is 0 Å². The summed E-state index contributed by atoms with van der Waals surface area (Å²) in [6.45, 7) is 8.18. The van der Waals surface area contributed by atoms with E-state index in [2.05, 4.69) is 11.8 Å². The van der Waals surface area contributed by atoms with Crippen LogP contribution in [-0.2, 0) is 4.79 Å². The zero-order valence-electron chi connectivity index (χ0n) is 9.58. The Bertz CT molecular complexity index is 222. The largest absolute Gasteiger partial charge is 0.343 e. The highest BCUT2D eigenvalue weighted by molar-refractivity contribution is 5.78. The zero-order chi connectivity index (χ0) is 10.9. The Balaban J connectivity index is 2.58. The summed E-state index contributed by atoms with van der Waals surface area (Å²) >= 11 is 0. The van der Waals surface area contributed by atoms with E-state index in [1.807, 2.05) is 20.9 Å². The van der Waals surface area contributed by atoms with Gasteiger partial charge in [0.25, 0.3) is 0 Å². The second kappa shape index (κ2) is 3.87. The molecule has 4 nitrogen and oxygen atoms in total. The van der Waals surface area contributed by atoms with Crippen LogP contribution < -0.4 is 5.73 Å². The summed E-state index contributed by atoms with van der Waals surface area (Å²) in [5.41, 5.74) is 5.71. The quantitative estimate of drug-likeness (QED) is 0.675. The number of piperazine rings is 1. The van der Waals surface area contributed by atoms with Crippen LogP contribution in [0.3, 0.4) is 0 Å². The van der Waals surface area contributed by atoms with E-state index in [-0.39, 0.29) is 11.4 Å². The predicted molar refractivity (Wildman–Crippen MR) is 56.9 cm³/mol. The standard InChI is InChI=1S/C10H21N3O/c1-8-5-12(4)9(14)6-13(8)7-10(2,3)11/h8H,5-7,11H2,1-4H3. The first-order valence-corrected chi connectivity index (χ1v) is 5.06. The second-order valence-corrected chi connectivity index (χ2v) is 5.02. The summed E-state index contributed by atoms with van der Waals surface area (Å²) in [4.78, 5) is 15.4. The number of likely N-dealkylation sites (N-methyl/N-ethyl adjacent to an activating group) is 1. The molecule has 1 saturated heterocycles. The topological polar surface area (TPSA) is 49.6 Å². The van der Waals surface area contributed by atoms with Gasteiger partial charge in [-0.1, -0.05) is 0 Å². The van der Waals surface area contributed by atoms with Crippen LogP contribution in [-0.4, -0.2) is 54.0 Å².